The average molecular weight is 451 g/mol. The Hall–Kier alpha value is -1.63. The molecule has 0 bridgehead atoms. The number of hydrogen-bond acceptors (Lipinski definition) is 4. The summed E-state index contributed by atoms with van der Waals surface area (Å²) in [6.45, 7) is 4.25. The molecule has 2 aliphatic rings. The van der Waals surface area contributed by atoms with Crippen LogP contribution in [0.3, 0.4) is 0 Å². The minimum absolute atomic E-state index is 0.131. The van der Waals surface area contributed by atoms with Crippen molar-refractivity contribution in [2.24, 2.45) is 0 Å². The molecule has 132 valence electrons. The van der Waals surface area contributed by atoms with Gasteiger partial charge in [-0.1, -0.05) is 25.1 Å². The third kappa shape index (κ3) is 3.52. The van der Waals surface area contributed by atoms with E-state index in [1.807, 2.05) is 38.1 Å². The molecule has 25 heavy (non-hydrogen) atoms. The number of allylic oxidation sites excluding steroid dienone is 3. The average Bonchev–Trinajstić information content (AvgIpc) is 2.59. The Balaban J connectivity index is 2.14. The second kappa shape index (κ2) is 7.72. The fourth-order valence-electron chi connectivity index (χ4n) is 3.55. The maximum atomic E-state index is 12.8. The summed E-state index contributed by atoms with van der Waals surface area (Å²) in [6.07, 6.45) is 3.00. The van der Waals surface area contributed by atoms with Crippen LogP contribution in [0.1, 0.15) is 51.0 Å². The van der Waals surface area contributed by atoms with Crippen LogP contribution in [0.25, 0.3) is 0 Å². The zero-order valence-corrected chi connectivity index (χ0v) is 16.7. The van der Waals surface area contributed by atoms with Crippen LogP contribution in [0, 0.1) is 3.57 Å². The van der Waals surface area contributed by atoms with Crippen LogP contribution < -0.4 is 5.32 Å². The Morgan fingerprint density at radius 2 is 2.08 bits per heavy atom. The van der Waals surface area contributed by atoms with Gasteiger partial charge in [-0.2, -0.15) is 0 Å². The third-order valence-electron chi connectivity index (χ3n) is 4.65. The summed E-state index contributed by atoms with van der Waals surface area (Å²) >= 11 is 2.27. The lowest BCUT2D eigenvalue weighted by atomic mass is 9.75. The van der Waals surface area contributed by atoms with Crippen molar-refractivity contribution >= 4 is 34.3 Å². The van der Waals surface area contributed by atoms with Gasteiger partial charge >= 0.3 is 5.97 Å². The Morgan fingerprint density at radius 1 is 1.32 bits per heavy atom. The van der Waals surface area contributed by atoms with Crippen molar-refractivity contribution < 1.29 is 14.3 Å². The van der Waals surface area contributed by atoms with Crippen LogP contribution in [0.4, 0.5) is 0 Å². The Kier molecular flexibility index (Phi) is 5.61. The highest BCUT2D eigenvalue weighted by Crippen LogP contribution is 2.43. The van der Waals surface area contributed by atoms with Gasteiger partial charge in [0, 0.05) is 32.9 Å². The SMILES string of the molecule is CCCOC(=O)C1=C(C)NC2=C(C(=O)CCC2)[C@@H]1c1ccccc1I. The normalized spacial score (nSPS) is 20.3. The standard InChI is InChI=1S/C20H22INO3/c1-3-11-25-20(24)17-12(2)22-15-9-6-10-16(23)19(15)18(17)13-7-4-5-8-14(13)21/h4-5,7-8,18,22H,3,6,9-11H2,1-2H3/t18-/m1/s1. The van der Waals surface area contributed by atoms with E-state index in [0.717, 1.165) is 45.4 Å². The number of halogens is 1. The molecule has 0 aromatic heterocycles. The zero-order chi connectivity index (χ0) is 18.0. The first-order valence-electron chi connectivity index (χ1n) is 8.70. The fourth-order valence-corrected chi connectivity index (χ4v) is 4.25. The highest BCUT2D eigenvalue weighted by Gasteiger charge is 2.39. The molecule has 1 aliphatic heterocycles. The lowest BCUT2D eigenvalue weighted by molar-refractivity contribution is -0.139. The van der Waals surface area contributed by atoms with Gasteiger partial charge in [-0.25, -0.2) is 4.79 Å². The van der Waals surface area contributed by atoms with Crippen LogP contribution in [-0.2, 0) is 14.3 Å². The predicted octanol–water partition coefficient (Wildman–Crippen LogP) is 4.21. The largest absolute Gasteiger partial charge is 0.462 e. The number of carbonyl (C=O) groups excluding carboxylic acids is 2. The van der Waals surface area contributed by atoms with Crippen molar-refractivity contribution in [2.45, 2.75) is 45.4 Å². The number of rotatable bonds is 4. The van der Waals surface area contributed by atoms with Gasteiger partial charge in [0.25, 0.3) is 0 Å². The molecule has 0 amide bonds. The Bertz CT molecular complexity index is 779. The predicted molar refractivity (Wildman–Crippen MR) is 105 cm³/mol. The zero-order valence-electron chi connectivity index (χ0n) is 14.5. The number of Topliss-reactive ketones (excluding diaryl/α,β-unsaturated/α-hetero) is 1. The lowest BCUT2D eigenvalue weighted by Gasteiger charge is -2.34. The first-order valence-corrected chi connectivity index (χ1v) is 9.78. The summed E-state index contributed by atoms with van der Waals surface area (Å²) in [5.74, 6) is -0.547. The van der Waals surface area contributed by atoms with Crippen LogP contribution in [-0.4, -0.2) is 18.4 Å². The topological polar surface area (TPSA) is 55.4 Å². The van der Waals surface area contributed by atoms with Crippen LogP contribution in [0.15, 0.2) is 46.8 Å². The second-order valence-electron chi connectivity index (χ2n) is 6.42. The number of ether oxygens (including phenoxy) is 1. The molecule has 1 N–H and O–H groups in total. The molecule has 1 aromatic rings. The maximum Gasteiger partial charge on any atom is 0.336 e. The van der Waals surface area contributed by atoms with Crippen molar-refractivity contribution in [3.8, 4) is 0 Å². The van der Waals surface area contributed by atoms with Crippen molar-refractivity contribution in [1.29, 1.82) is 0 Å². The number of ketones is 1. The number of nitrogens with one attached hydrogen (secondary N) is 1. The van der Waals surface area contributed by atoms with E-state index in [0.29, 0.717) is 18.6 Å². The molecule has 5 heteroatoms. The molecule has 0 saturated carbocycles. The van der Waals surface area contributed by atoms with E-state index in [1.165, 1.54) is 0 Å². The highest BCUT2D eigenvalue weighted by atomic mass is 127. The van der Waals surface area contributed by atoms with E-state index in [1.54, 1.807) is 0 Å². The van der Waals surface area contributed by atoms with Gasteiger partial charge in [-0.05, 0) is 60.4 Å². The third-order valence-corrected chi connectivity index (χ3v) is 5.63. The van der Waals surface area contributed by atoms with Crippen molar-refractivity contribution in [2.75, 3.05) is 6.61 Å². The van der Waals surface area contributed by atoms with Crippen LogP contribution in [0.2, 0.25) is 0 Å². The van der Waals surface area contributed by atoms with Gasteiger partial charge in [0.2, 0.25) is 0 Å². The van der Waals surface area contributed by atoms with Crippen molar-refractivity contribution in [1.82, 2.24) is 5.32 Å². The van der Waals surface area contributed by atoms with Gasteiger partial charge in [0.05, 0.1) is 12.2 Å². The summed E-state index contributed by atoms with van der Waals surface area (Å²) in [7, 11) is 0. The molecule has 0 saturated heterocycles. The molecule has 0 radical (unpaired) electrons. The van der Waals surface area contributed by atoms with E-state index in [4.69, 9.17) is 4.74 Å². The minimum Gasteiger partial charge on any atom is -0.462 e. The first-order chi connectivity index (χ1) is 12.0. The van der Waals surface area contributed by atoms with E-state index < -0.39 is 0 Å². The van der Waals surface area contributed by atoms with E-state index >= 15 is 0 Å². The molecule has 1 aromatic carbocycles. The Labute approximate surface area is 161 Å². The van der Waals surface area contributed by atoms with Crippen molar-refractivity contribution in [3.05, 3.63) is 55.9 Å². The molecule has 0 unspecified atom stereocenters. The molecular formula is C20H22INO3. The molecular weight excluding hydrogens is 429 g/mol. The summed E-state index contributed by atoms with van der Waals surface area (Å²) in [4.78, 5) is 25.5. The summed E-state index contributed by atoms with van der Waals surface area (Å²) in [6, 6.07) is 7.94. The summed E-state index contributed by atoms with van der Waals surface area (Å²) in [5, 5.41) is 3.31. The van der Waals surface area contributed by atoms with Gasteiger partial charge in [-0.15, -0.1) is 0 Å². The van der Waals surface area contributed by atoms with E-state index in [2.05, 4.69) is 27.9 Å². The highest BCUT2D eigenvalue weighted by molar-refractivity contribution is 14.1. The van der Waals surface area contributed by atoms with Crippen LogP contribution >= 0.6 is 22.6 Å². The first kappa shape index (κ1) is 18.2. The molecule has 0 fully saturated rings. The van der Waals surface area contributed by atoms with E-state index in [9.17, 15) is 9.59 Å². The number of benzene rings is 1. The Morgan fingerprint density at radius 3 is 2.80 bits per heavy atom. The maximum absolute atomic E-state index is 12.8. The number of carbonyl (C=O) groups is 2. The summed E-state index contributed by atoms with van der Waals surface area (Å²) in [5.41, 5.74) is 4.05. The second-order valence-corrected chi connectivity index (χ2v) is 7.59. The number of esters is 1. The molecule has 1 aliphatic carbocycles. The van der Waals surface area contributed by atoms with Gasteiger partial charge in [0.15, 0.2) is 5.78 Å². The fraction of sp³-hybridized carbons (Fsp3) is 0.400. The molecule has 3 rings (SSSR count). The van der Waals surface area contributed by atoms with Crippen molar-refractivity contribution in [3.63, 3.8) is 0 Å². The molecule has 1 heterocycles. The smallest absolute Gasteiger partial charge is 0.336 e. The minimum atomic E-state index is -0.346. The lowest BCUT2D eigenvalue weighted by Crippen LogP contribution is -2.34. The van der Waals surface area contributed by atoms with E-state index in [-0.39, 0.29) is 17.7 Å². The monoisotopic (exact) mass is 451 g/mol. The molecule has 4 nitrogen and oxygen atoms in total. The van der Waals surface area contributed by atoms with Gasteiger partial charge in [-0.3, -0.25) is 4.79 Å². The van der Waals surface area contributed by atoms with Gasteiger partial charge in [0.1, 0.15) is 0 Å². The molecule has 0 spiro atoms. The number of dihydropyridines is 1. The number of hydrogen-bond donors (Lipinski definition) is 1. The molecule has 1 atom stereocenters. The van der Waals surface area contributed by atoms with Gasteiger partial charge < -0.3 is 10.1 Å². The summed E-state index contributed by atoms with van der Waals surface area (Å²) < 4.78 is 6.48. The quantitative estimate of drug-likeness (QED) is 0.551. The van der Waals surface area contributed by atoms with Crippen LogP contribution in [0.5, 0.6) is 0 Å².